The molecule has 0 aliphatic rings. The smallest absolute Gasteiger partial charge is 0.145 e. The zero-order valence-corrected chi connectivity index (χ0v) is 12.2. The largest absolute Gasteiger partial charge is 0.358 e. The highest BCUT2D eigenvalue weighted by Crippen LogP contribution is 2.23. The Balaban J connectivity index is 3.10. The van der Waals surface area contributed by atoms with E-state index in [-0.39, 0.29) is 11.3 Å². The maximum Gasteiger partial charge on any atom is 0.145 e. The van der Waals surface area contributed by atoms with Gasteiger partial charge >= 0.3 is 0 Å². The second-order valence-electron chi connectivity index (χ2n) is 5.74. The number of nitriles is 1. The molecule has 0 radical (unpaired) electrons. The fraction of sp³-hybridized carbons (Fsp3) is 0.615. The predicted molar refractivity (Wildman–Crippen MR) is 76.6 cm³/mol. The Labute approximate surface area is 114 Å². The van der Waals surface area contributed by atoms with Gasteiger partial charge in [-0.1, -0.05) is 20.8 Å². The lowest BCUT2D eigenvalue weighted by atomic mass is 9.96. The van der Waals surface area contributed by atoms with E-state index in [1.807, 2.05) is 39.6 Å². The Kier molecular flexibility index (Phi) is 4.67. The van der Waals surface area contributed by atoms with E-state index in [0.717, 1.165) is 11.6 Å². The van der Waals surface area contributed by atoms with Crippen molar-refractivity contribution in [2.45, 2.75) is 33.1 Å². The van der Waals surface area contributed by atoms with Crippen LogP contribution < -0.4 is 16.2 Å². The van der Waals surface area contributed by atoms with Gasteiger partial charge in [0.1, 0.15) is 17.5 Å². The number of nitrogen functional groups attached to an aromatic ring is 1. The van der Waals surface area contributed by atoms with Crippen LogP contribution in [0.2, 0.25) is 0 Å². The lowest BCUT2D eigenvalue weighted by Gasteiger charge is -2.23. The van der Waals surface area contributed by atoms with Crippen LogP contribution in [-0.2, 0) is 5.41 Å². The number of nitrogens with zero attached hydrogens (tertiary/aromatic N) is 4. The van der Waals surface area contributed by atoms with E-state index in [2.05, 4.69) is 21.5 Å². The van der Waals surface area contributed by atoms with Crippen molar-refractivity contribution >= 4 is 11.6 Å². The lowest BCUT2D eigenvalue weighted by molar-refractivity contribution is 0.544. The second-order valence-corrected chi connectivity index (χ2v) is 5.74. The minimum absolute atomic E-state index is 0.0627. The molecule has 0 saturated heterocycles. The molecule has 3 N–H and O–H groups in total. The first-order chi connectivity index (χ1) is 8.77. The van der Waals surface area contributed by atoms with Crippen LogP contribution in [-0.4, -0.2) is 23.6 Å². The summed E-state index contributed by atoms with van der Waals surface area (Å²) in [4.78, 5) is 10.9. The summed E-state index contributed by atoms with van der Waals surface area (Å²) in [5.41, 5.74) is 2.40. The van der Waals surface area contributed by atoms with E-state index < -0.39 is 0 Å². The molecule has 6 nitrogen and oxygen atoms in total. The maximum atomic E-state index is 8.87. The van der Waals surface area contributed by atoms with Crippen LogP contribution >= 0.6 is 0 Å². The van der Waals surface area contributed by atoms with Crippen molar-refractivity contribution < 1.29 is 0 Å². The molecule has 0 fully saturated rings. The van der Waals surface area contributed by atoms with Crippen LogP contribution in [0, 0.1) is 17.2 Å². The second kappa shape index (κ2) is 5.85. The zero-order valence-electron chi connectivity index (χ0n) is 12.2. The summed E-state index contributed by atoms with van der Waals surface area (Å²) in [6.45, 7) is 8.63. The van der Waals surface area contributed by atoms with Gasteiger partial charge in [0, 0.05) is 25.1 Å². The van der Waals surface area contributed by atoms with Gasteiger partial charge in [0.15, 0.2) is 0 Å². The molecule has 1 atom stereocenters. The highest BCUT2D eigenvalue weighted by atomic mass is 15.3. The number of hydrazine groups is 1. The highest BCUT2D eigenvalue weighted by molar-refractivity contribution is 5.49. The van der Waals surface area contributed by atoms with Crippen molar-refractivity contribution in [2.24, 2.45) is 11.8 Å². The molecule has 19 heavy (non-hydrogen) atoms. The normalized spacial score (nSPS) is 12.7. The van der Waals surface area contributed by atoms with Gasteiger partial charge in [0.25, 0.3) is 0 Å². The van der Waals surface area contributed by atoms with Crippen molar-refractivity contribution in [3.63, 3.8) is 0 Å². The number of nitrogens with two attached hydrogens (primary N) is 1. The van der Waals surface area contributed by atoms with Crippen molar-refractivity contribution in [3.05, 3.63) is 11.9 Å². The third-order valence-corrected chi connectivity index (χ3v) is 2.69. The molecule has 104 valence electrons. The third-order valence-electron chi connectivity index (χ3n) is 2.69. The number of nitrogens with one attached hydrogen (secondary N) is 1. The molecule has 0 aromatic carbocycles. The Morgan fingerprint density at radius 2 is 2.11 bits per heavy atom. The van der Waals surface area contributed by atoms with Crippen LogP contribution in [0.1, 0.15) is 33.5 Å². The molecule has 6 heteroatoms. The number of hydrogen-bond acceptors (Lipinski definition) is 6. The molecular formula is C13H22N6. The topological polar surface area (TPSA) is 90.9 Å². The van der Waals surface area contributed by atoms with Gasteiger partial charge in [-0.2, -0.15) is 5.26 Å². The Hall–Kier alpha value is -1.87. The molecule has 0 amide bonds. The Morgan fingerprint density at radius 1 is 1.47 bits per heavy atom. The molecule has 0 saturated carbocycles. The van der Waals surface area contributed by atoms with Crippen LogP contribution in [0.3, 0.4) is 0 Å². The SMILES string of the molecule is CC(C#N)CN(C)c1cc(NN)nc(C(C)(C)C)n1. The van der Waals surface area contributed by atoms with Crippen molar-refractivity contribution in [1.82, 2.24) is 9.97 Å². The first kappa shape index (κ1) is 15.2. The van der Waals surface area contributed by atoms with E-state index in [4.69, 9.17) is 11.1 Å². The summed E-state index contributed by atoms with van der Waals surface area (Å²) in [7, 11) is 1.91. The van der Waals surface area contributed by atoms with E-state index >= 15 is 0 Å². The average Bonchev–Trinajstić information content (AvgIpc) is 2.36. The van der Waals surface area contributed by atoms with Crippen molar-refractivity contribution in [2.75, 3.05) is 23.9 Å². The summed E-state index contributed by atoms with van der Waals surface area (Å²) in [6, 6.07) is 3.99. The van der Waals surface area contributed by atoms with Gasteiger partial charge in [-0.05, 0) is 6.92 Å². The Bertz CT molecular complexity index is 471. The molecule has 0 aliphatic carbocycles. The van der Waals surface area contributed by atoms with Crippen LogP contribution in [0.15, 0.2) is 6.07 Å². The molecule has 0 aliphatic heterocycles. The van der Waals surface area contributed by atoms with Crippen LogP contribution in [0.4, 0.5) is 11.6 Å². The third kappa shape index (κ3) is 4.07. The van der Waals surface area contributed by atoms with Gasteiger partial charge in [-0.25, -0.2) is 15.8 Å². The van der Waals surface area contributed by atoms with E-state index in [1.165, 1.54) is 0 Å². The Morgan fingerprint density at radius 3 is 2.58 bits per heavy atom. The fourth-order valence-corrected chi connectivity index (χ4v) is 1.58. The molecular weight excluding hydrogens is 240 g/mol. The number of anilines is 2. The predicted octanol–water partition coefficient (Wildman–Crippen LogP) is 1.66. The van der Waals surface area contributed by atoms with E-state index in [0.29, 0.717) is 12.4 Å². The first-order valence-electron chi connectivity index (χ1n) is 6.25. The molecule has 1 heterocycles. The number of hydrogen-bond donors (Lipinski definition) is 2. The zero-order chi connectivity index (χ0) is 14.6. The molecule has 1 rings (SSSR count). The standard InChI is InChI=1S/C13H22N6/c1-9(7-14)8-19(5)11-6-10(18-15)16-12(17-11)13(2,3)4/h6,9H,8,15H2,1-5H3,(H,16,17,18). The van der Waals surface area contributed by atoms with Crippen LogP contribution in [0.25, 0.3) is 0 Å². The fourth-order valence-electron chi connectivity index (χ4n) is 1.58. The lowest BCUT2D eigenvalue weighted by Crippen LogP contribution is -2.27. The van der Waals surface area contributed by atoms with Gasteiger partial charge < -0.3 is 10.3 Å². The molecule has 1 aromatic heterocycles. The average molecular weight is 262 g/mol. The van der Waals surface area contributed by atoms with Crippen molar-refractivity contribution in [3.8, 4) is 6.07 Å². The molecule has 0 bridgehead atoms. The quantitative estimate of drug-likeness (QED) is 0.633. The number of rotatable bonds is 4. The monoisotopic (exact) mass is 262 g/mol. The summed E-state index contributed by atoms with van der Waals surface area (Å²) >= 11 is 0. The van der Waals surface area contributed by atoms with E-state index in [9.17, 15) is 0 Å². The summed E-state index contributed by atoms with van der Waals surface area (Å²) in [6.07, 6.45) is 0. The van der Waals surface area contributed by atoms with Gasteiger partial charge in [-0.3, -0.25) is 0 Å². The van der Waals surface area contributed by atoms with Gasteiger partial charge in [0.2, 0.25) is 0 Å². The van der Waals surface area contributed by atoms with E-state index in [1.54, 1.807) is 6.07 Å². The summed E-state index contributed by atoms with van der Waals surface area (Å²) < 4.78 is 0. The summed E-state index contributed by atoms with van der Waals surface area (Å²) in [5.74, 6) is 7.44. The molecule has 1 unspecified atom stereocenters. The molecule has 1 aromatic rings. The number of aromatic nitrogens is 2. The first-order valence-corrected chi connectivity index (χ1v) is 6.25. The summed E-state index contributed by atoms with van der Waals surface area (Å²) in [5, 5.41) is 8.87. The molecule has 0 spiro atoms. The van der Waals surface area contributed by atoms with Gasteiger partial charge in [0.05, 0.1) is 12.0 Å². The maximum absolute atomic E-state index is 8.87. The minimum atomic E-state index is -0.163. The van der Waals surface area contributed by atoms with Crippen molar-refractivity contribution in [1.29, 1.82) is 5.26 Å². The minimum Gasteiger partial charge on any atom is -0.358 e. The highest BCUT2D eigenvalue weighted by Gasteiger charge is 2.20. The van der Waals surface area contributed by atoms with Crippen LogP contribution in [0.5, 0.6) is 0 Å². The van der Waals surface area contributed by atoms with Gasteiger partial charge in [-0.15, -0.1) is 0 Å².